The summed E-state index contributed by atoms with van der Waals surface area (Å²) in [5.41, 5.74) is 3.07. The van der Waals surface area contributed by atoms with Crippen molar-refractivity contribution in [1.82, 2.24) is 19.9 Å². The number of rotatable bonds is 5. The molecule has 2 rings (SSSR count). The lowest BCUT2D eigenvalue weighted by Crippen LogP contribution is -2.05. The summed E-state index contributed by atoms with van der Waals surface area (Å²) < 4.78 is 5.13. The van der Waals surface area contributed by atoms with Crippen molar-refractivity contribution in [3.05, 3.63) is 41.9 Å². The molecule has 1 atom stereocenters. The SMILES string of the molecule is COc1cc(C(C)Cc2cc(C(C)C)ncn2)ncn1. The minimum atomic E-state index is 0.252. The van der Waals surface area contributed by atoms with E-state index < -0.39 is 0 Å². The largest absolute Gasteiger partial charge is 0.481 e. The Bertz CT molecular complexity index is 571. The van der Waals surface area contributed by atoms with Crippen LogP contribution in [-0.4, -0.2) is 27.0 Å². The summed E-state index contributed by atoms with van der Waals surface area (Å²) in [4.78, 5) is 17.0. The van der Waals surface area contributed by atoms with Gasteiger partial charge in [-0.3, -0.25) is 0 Å². The van der Waals surface area contributed by atoms with Gasteiger partial charge in [-0.1, -0.05) is 20.8 Å². The van der Waals surface area contributed by atoms with E-state index in [1.165, 1.54) is 6.33 Å². The summed E-state index contributed by atoms with van der Waals surface area (Å²) in [5.74, 6) is 1.25. The fraction of sp³-hybridized carbons (Fsp3) is 0.467. The lowest BCUT2D eigenvalue weighted by atomic mass is 10.00. The summed E-state index contributed by atoms with van der Waals surface area (Å²) in [7, 11) is 1.61. The molecule has 0 aliphatic rings. The van der Waals surface area contributed by atoms with Crippen LogP contribution in [0.15, 0.2) is 24.8 Å². The molecule has 0 radical (unpaired) electrons. The van der Waals surface area contributed by atoms with Gasteiger partial charge in [-0.05, 0) is 18.4 Å². The van der Waals surface area contributed by atoms with Gasteiger partial charge in [-0.15, -0.1) is 0 Å². The number of hydrogen-bond donors (Lipinski definition) is 0. The minimum Gasteiger partial charge on any atom is -0.481 e. The average molecular weight is 272 g/mol. The van der Waals surface area contributed by atoms with Crippen LogP contribution in [-0.2, 0) is 6.42 Å². The minimum absolute atomic E-state index is 0.252. The summed E-state index contributed by atoms with van der Waals surface area (Å²) >= 11 is 0. The van der Waals surface area contributed by atoms with Crippen LogP contribution in [0.3, 0.4) is 0 Å². The van der Waals surface area contributed by atoms with Gasteiger partial charge in [-0.2, -0.15) is 0 Å². The van der Waals surface area contributed by atoms with Crippen molar-refractivity contribution in [3.63, 3.8) is 0 Å². The van der Waals surface area contributed by atoms with Crippen molar-refractivity contribution in [2.75, 3.05) is 7.11 Å². The number of hydrogen-bond acceptors (Lipinski definition) is 5. The second-order valence-corrected chi connectivity index (χ2v) is 5.18. The highest BCUT2D eigenvalue weighted by Gasteiger charge is 2.12. The molecule has 5 heteroatoms. The molecule has 0 aromatic carbocycles. The van der Waals surface area contributed by atoms with E-state index in [1.807, 2.05) is 6.07 Å². The molecule has 0 aliphatic heterocycles. The first-order valence-corrected chi connectivity index (χ1v) is 6.77. The fourth-order valence-electron chi connectivity index (χ4n) is 2.00. The van der Waals surface area contributed by atoms with E-state index in [0.29, 0.717) is 11.8 Å². The van der Waals surface area contributed by atoms with E-state index in [0.717, 1.165) is 23.5 Å². The number of ether oxygens (including phenoxy) is 1. The smallest absolute Gasteiger partial charge is 0.216 e. The molecule has 106 valence electrons. The van der Waals surface area contributed by atoms with Gasteiger partial charge in [0.05, 0.1) is 12.8 Å². The first kappa shape index (κ1) is 14.4. The predicted molar refractivity (Wildman–Crippen MR) is 76.8 cm³/mol. The van der Waals surface area contributed by atoms with E-state index in [1.54, 1.807) is 13.4 Å². The van der Waals surface area contributed by atoms with Crippen LogP contribution in [0.25, 0.3) is 0 Å². The third-order valence-corrected chi connectivity index (χ3v) is 3.23. The molecule has 0 spiro atoms. The molecule has 0 aliphatic carbocycles. The summed E-state index contributed by atoms with van der Waals surface area (Å²) in [6.07, 6.45) is 3.99. The highest BCUT2D eigenvalue weighted by molar-refractivity contribution is 5.19. The van der Waals surface area contributed by atoms with Gasteiger partial charge in [0.1, 0.15) is 12.7 Å². The topological polar surface area (TPSA) is 60.8 Å². The quantitative estimate of drug-likeness (QED) is 0.837. The van der Waals surface area contributed by atoms with Crippen LogP contribution in [0.4, 0.5) is 0 Å². The molecular formula is C15H20N4O. The monoisotopic (exact) mass is 272 g/mol. The van der Waals surface area contributed by atoms with E-state index in [9.17, 15) is 0 Å². The second kappa shape index (κ2) is 6.41. The first-order chi connectivity index (χ1) is 9.60. The average Bonchev–Trinajstić information content (AvgIpc) is 2.47. The van der Waals surface area contributed by atoms with Crippen LogP contribution in [0.5, 0.6) is 5.88 Å². The Morgan fingerprint density at radius 3 is 2.35 bits per heavy atom. The molecule has 0 saturated heterocycles. The maximum Gasteiger partial charge on any atom is 0.216 e. The predicted octanol–water partition coefficient (Wildman–Crippen LogP) is 2.74. The summed E-state index contributed by atoms with van der Waals surface area (Å²) in [6, 6.07) is 3.94. The Labute approximate surface area is 119 Å². The Morgan fingerprint density at radius 1 is 0.950 bits per heavy atom. The van der Waals surface area contributed by atoms with Crippen LogP contribution in [0.2, 0.25) is 0 Å². The van der Waals surface area contributed by atoms with Gasteiger partial charge in [0.25, 0.3) is 0 Å². The van der Waals surface area contributed by atoms with Gasteiger partial charge in [0.2, 0.25) is 5.88 Å². The normalized spacial score (nSPS) is 12.4. The second-order valence-electron chi connectivity index (χ2n) is 5.18. The molecule has 2 aromatic rings. The Hall–Kier alpha value is -2.04. The van der Waals surface area contributed by atoms with Crippen molar-refractivity contribution in [1.29, 1.82) is 0 Å². The fourth-order valence-corrected chi connectivity index (χ4v) is 2.00. The zero-order valence-corrected chi connectivity index (χ0v) is 12.4. The molecule has 0 N–H and O–H groups in total. The van der Waals surface area contributed by atoms with Crippen molar-refractivity contribution in [3.8, 4) is 5.88 Å². The van der Waals surface area contributed by atoms with Crippen LogP contribution < -0.4 is 4.74 Å². The van der Waals surface area contributed by atoms with Crippen molar-refractivity contribution >= 4 is 0 Å². The van der Waals surface area contributed by atoms with E-state index in [2.05, 4.69) is 46.8 Å². The van der Waals surface area contributed by atoms with Crippen LogP contribution in [0.1, 0.15) is 49.7 Å². The van der Waals surface area contributed by atoms with E-state index in [-0.39, 0.29) is 5.92 Å². The molecule has 0 fully saturated rings. The number of aromatic nitrogens is 4. The molecule has 0 bridgehead atoms. The van der Waals surface area contributed by atoms with Gasteiger partial charge in [-0.25, -0.2) is 19.9 Å². The summed E-state index contributed by atoms with van der Waals surface area (Å²) in [5, 5.41) is 0. The lowest BCUT2D eigenvalue weighted by molar-refractivity contribution is 0.395. The molecule has 2 aromatic heterocycles. The van der Waals surface area contributed by atoms with E-state index >= 15 is 0 Å². The Kier molecular flexibility index (Phi) is 4.61. The van der Waals surface area contributed by atoms with Crippen LogP contribution in [0, 0.1) is 0 Å². The highest BCUT2D eigenvalue weighted by Crippen LogP contribution is 2.21. The summed E-state index contributed by atoms with van der Waals surface area (Å²) in [6.45, 7) is 6.38. The maximum atomic E-state index is 5.13. The standard InChI is InChI=1S/C15H20N4O/c1-10(2)13-6-12(16-8-17-13)5-11(3)14-7-15(20-4)19-9-18-14/h6-11H,5H2,1-4H3. The van der Waals surface area contributed by atoms with E-state index in [4.69, 9.17) is 4.74 Å². The zero-order valence-electron chi connectivity index (χ0n) is 12.4. The van der Waals surface area contributed by atoms with Crippen LogP contribution >= 0.6 is 0 Å². The molecule has 2 heterocycles. The zero-order chi connectivity index (χ0) is 14.5. The molecular weight excluding hydrogens is 252 g/mol. The molecule has 1 unspecified atom stereocenters. The third-order valence-electron chi connectivity index (χ3n) is 3.23. The Morgan fingerprint density at radius 2 is 1.65 bits per heavy atom. The Balaban J connectivity index is 2.14. The number of nitrogens with zero attached hydrogens (tertiary/aromatic N) is 4. The molecule has 0 saturated carbocycles. The van der Waals surface area contributed by atoms with Gasteiger partial charge < -0.3 is 4.74 Å². The third kappa shape index (κ3) is 3.50. The van der Waals surface area contributed by atoms with Gasteiger partial charge in [0.15, 0.2) is 0 Å². The highest BCUT2D eigenvalue weighted by atomic mass is 16.5. The first-order valence-electron chi connectivity index (χ1n) is 6.77. The lowest BCUT2D eigenvalue weighted by Gasteiger charge is -2.12. The van der Waals surface area contributed by atoms with Crippen molar-refractivity contribution in [2.24, 2.45) is 0 Å². The van der Waals surface area contributed by atoms with Gasteiger partial charge >= 0.3 is 0 Å². The molecule has 5 nitrogen and oxygen atoms in total. The molecule has 20 heavy (non-hydrogen) atoms. The number of methoxy groups -OCH3 is 1. The molecule has 0 amide bonds. The maximum absolute atomic E-state index is 5.13. The van der Waals surface area contributed by atoms with Crippen molar-refractivity contribution in [2.45, 2.75) is 39.0 Å². The van der Waals surface area contributed by atoms with Gasteiger partial charge in [0, 0.05) is 23.4 Å². The van der Waals surface area contributed by atoms with Crippen molar-refractivity contribution < 1.29 is 4.74 Å².